The molecule has 2 unspecified atom stereocenters. The van der Waals surface area contributed by atoms with Crippen molar-refractivity contribution in [3.05, 3.63) is 0 Å². The van der Waals surface area contributed by atoms with Crippen molar-refractivity contribution in [1.82, 2.24) is 4.90 Å². The summed E-state index contributed by atoms with van der Waals surface area (Å²) in [6, 6.07) is 0.443. The van der Waals surface area contributed by atoms with E-state index in [0.29, 0.717) is 19.1 Å². The summed E-state index contributed by atoms with van der Waals surface area (Å²) in [5, 5.41) is 0. The van der Waals surface area contributed by atoms with Crippen LogP contribution >= 0.6 is 0 Å². The molecule has 0 aromatic rings. The molecule has 1 fully saturated rings. The Labute approximate surface area is 79.1 Å². The summed E-state index contributed by atoms with van der Waals surface area (Å²) in [5.41, 5.74) is 0. The van der Waals surface area contributed by atoms with Crippen LogP contribution in [0, 0.1) is 5.92 Å². The highest BCUT2D eigenvalue weighted by Crippen LogP contribution is 2.33. The molecule has 1 nitrogen and oxygen atoms in total. The molecule has 3 heteroatoms. The van der Waals surface area contributed by atoms with Crippen molar-refractivity contribution in [2.45, 2.75) is 45.6 Å². The fraction of sp³-hybridized carbons (Fsp3) is 1.00. The molecule has 0 aliphatic carbocycles. The molecule has 1 heterocycles. The molecule has 0 N–H and O–H groups in total. The Morgan fingerprint density at radius 1 is 1.54 bits per heavy atom. The van der Waals surface area contributed by atoms with Gasteiger partial charge in [-0.25, -0.2) is 8.78 Å². The standard InChI is InChI=1S/C10H19F2N/c1-4-9(3)13-6-5-10(11,12)8(2)7-13/h8-9H,4-7H2,1-3H3. The normalized spacial score (nSPS) is 31.6. The van der Waals surface area contributed by atoms with Crippen molar-refractivity contribution in [3.8, 4) is 0 Å². The van der Waals surface area contributed by atoms with Gasteiger partial charge < -0.3 is 0 Å². The fourth-order valence-corrected chi connectivity index (χ4v) is 1.77. The molecule has 0 saturated carbocycles. The number of likely N-dealkylation sites (tertiary alicyclic amines) is 1. The summed E-state index contributed by atoms with van der Waals surface area (Å²) in [6.07, 6.45) is 1.07. The molecule has 13 heavy (non-hydrogen) atoms. The number of rotatable bonds is 2. The van der Waals surface area contributed by atoms with Gasteiger partial charge in [-0.3, -0.25) is 4.90 Å². The van der Waals surface area contributed by atoms with Crippen molar-refractivity contribution < 1.29 is 8.78 Å². The predicted octanol–water partition coefficient (Wildman–Crippen LogP) is 2.76. The van der Waals surface area contributed by atoms with Crippen molar-refractivity contribution >= 4 is 0 Å². The molecule has 0 radical (unpaired) electrons. The van der Waals surface area contributed by atoms with E-state index in [0.717, 1.165) is 6.42 Å². The Hall–Kier alpha value is -0.180. The highest BCUT2D eigenvalue weighted by Gasteiger charge is 2.41. The lowest BCUT2D eigenvalue weighted by Crippen LogP contribution is -2.48. The summed E-state index contributed by atoms with van der Waals surface area (Å²) < 4.78 is 26.2. The van der Waals surface area contributed by atoms with E-state index in [9.17, 15) is 8.78 Å². The Bertz CT molecular complexity index is 170. The van der Waals surface area contributed by atoms with E-state index in [1.165, 1.54) is 0 Å². The van der Waals surface area contributed by atoms with Crippen LogP contribution in [0.2, 0.25) is 0 Å². The van der Waals surface area contributed by atoms with Gasteiger partial charge in [0.25, 0.3) is 5.92 Å². The molecule has 0 spiro atoms. The van der Waals surface area contributed by atoms with Crippen molar-refractivity contribution in [1.29, 1.82) is 0 Å². The van der Waals surface area contributed by atoms with Gasteiger partial charge in [0.05, 0.1) is 0 Å². The van der Waals surface area contributed by atoms with Gasteiger partial charge in [0.15, 0.2) is 0 Å². The zero-order valence-corrected chi connectivity index (χ0v) is 8.69. The summed E-state index contributed by atoms with van der Waals surface area (Å²) in [7, 11) is 0. The van der Waals surface area contributed by atoms with Gasteiger partial charge in [-0.1, -0.05) is 13.8 Å². The van der Waals surface area contributed by atoms with Gasteiger partial charge in [-0.2, -0.15) is 0 Å². The van der Waals surface area contributed by atoms with E-state index < -0.39 is 11.8 Å². The lowest BCUT2D eigenvalue weighted by atomic mass is 9.94. The zero-order chi connectivity index (χ0) is 10.1. The third-order valence-electron chi connectivity index (χ3n) is 3.18. The highest BCUT2D eigenvalue weighted by molar-refractivity contribution is 4.85. The molecule has 0 aromatic carbocycles. The van der Waals surface area contributed by atoms with Crippen LogP contribution in [0.25, 0.3) is 0 Å². The fourth-order valence-electron chi connectivity index (χ4n) is 1.77. The van der Waals surface area contributed by atoms with Crippen LogP contribution < -0.4 is 0 Å². The maximum atomic E-state index is 13.1. The van der Waals surface area contributed by atoms with E-state index in [1.54, 1.807) is 6.92 Å². The first-order valence-electron chi connectivity index (χ1n) is 5.09. The number of alkyl halides is 2. The Morgan fingerprint density at radius 3 is 2.62 bits per heavy atom. The second kappa shape index (κ2) is 3.91. The van der Waals surface area contributed by atoms with E-state index in [4.69, 9.17) is 0 Å². The SMILES string of the molecule is CCC(C)N1CCC(F)(F)C(C)C1. The first-order chi connectivity index (χ1) is 5.97. The first-order valence-corrected chi connectivity index (χ1v) is 5.09. The van der Waals surface area contributed by atoms with Crippen LogP contribution in [0.5, 0.6) is 0 Å². The number of hydrogen-bond donors (Lipinski definition) is 0. The van der Waals surface area contributed by atoms with Crippen molar-refractivity contribution in [2.75, 3.05) is 13.1 Å². The van der Waals surface area contributed by atoms with E-state index in [1.807, 2.05) is 0 Å². The Morgan fingerprint density at radius 2 is 2.15 bits per heavy atom. The van der Waals surface area contributed by atoms with Crippen LogP contribution in [0.4, 0.5) is 8.78 Å². The minimum absolute atomic E-state index is 0.0263. The summed E-state index contributed by atoms with van der Waals surface area (Å²) in [5.74, 6) is -2.93. The molecule has 0 amide bonds. The second-order valence-corrected chi connectivity index (χ2v) is 4.16. The van der Waals surface area contributed by atoms with Crippen LogP contribution in [0.1, 0.15) is 33.6 Å². The Kier molecular flexibility index (Phi) is 3.28. The maximum Gasteiger partial charge on any atom is 0.253 e. The predicted molar refractivity (Wildman–Crippen MR) is 50.1 cm³/mol. The van der Waals surface area contributed by atoms with Crippen LogP contribution in [-0.2, 0) is 0 Å². The molecular weight excluding hydrogens is 172 g/mol. The minimum atomic E-state index is -2.44. The minimum Gasteiger partial charge on any atom is -0.300 e. The van der Waals surface area contributed by atoms with Gasteiger partial charge in [-0.05, 0) is 13.3 Å². The van der Waals surface area contributed by atoms with Crippen molar-refractivity contribution in [3.63, 3.8) is 0 Å². The largest absolute Gasteiger partial charge is 0.300 e. The van der Waals surface area contributed by atoms with Crippen LogP contribution in [-0.4, -0.2) is 30.0 Å². The molecule has 1 aliphatic heterocycles. The quantitative estimate of drug-likeness (QED) is 0.648. The third-order valence-corrected chi connectivity index (χ3v) is 3.18. The molecule has 78 valence electrons. The molecule has 2 atom stereocenters. The van der Waals surface area contributed by atoms with Crippen LogP contribution in [0.3, 0.4) is 0 Å². The van der Waals surface area contributed by atoms with Gasteiger partial charge in [-0.15, -0.1) is 0 Å². The average molecular weight is 191 g/mol. The lowest BCUT2D eigenvalue weighted by molar-refractivity contribution is -0.105. The molecule has 1 aliphatic rings. The number of hydrogen-bond acceptors (Lipinski definition) is 1. The van der Waals surface area contributed by atoms with Gasteiger partial charge in [0.1, 0.15) is 0 Å². The topological polar surface area (TPSA) is 3.24 Å². The summed E-state index contributed by atoms with van der Waals surface area (Å²) in [4.78, 5) is 2.17. The molecule has 0 bridgehead atoms. The van der Waals surface area contributed by atoms with Crippen molar-refractivity contribution in [2.24, 2.45) is 5.92 Å². The lowest BCUT2D eigenvalue weighted by Gasteiger charge is -2.39. The molecule has 1 rings (SSSR count). The third kappa shape index (κ3) is 2.39. The second-order valence-electron chi connectivity index (χ2n) is 4.16. The first kappa shape index (κ1) is 10.9. The zero-order valence-electron chi connectivity index (χ0n) is 8.69. The molecular formula is C10H19F2N. The van der Waals surface area contributed by atoms with Crippen LogP contribution in [0.15, 0.2) is 0 Å². The van der Waals surface area contributed by atoms with E-state index in [-0.39, 0.29) is 6.42 Å². The number of nitrogens with zero attached hydrogens (tertiary/aromatic N) is 1. The van der Waals surface area contributed by atoms with Gasteiger partial charge in [0.2, 0.25) is 0 Å². The highest BCUT2D eigenvalue weighted by atomic mass is 19.3. The Balaban J connectivity index is 2.51. The maximum absolute atomic E-state index is 13.1. The van der Waals surface area contributed by atoms with E-state index in [2.05, 4.69) is 18.7 Å². The van der Waals surface area contributed by atoms with Gasteiger partial charge >= 0.3 is 0 Å². The number of piperidine rings is 1. The number of halogens is 2. The molecule has 0 aromatic heterocycles. The molecule has 1 saturated heterocycles. The van der Waals surface area contributed by atoms with Gasteiger partial charge in [0, 0.05) is 31.5 Å². The summed E-state index contributed by atoms with van der Waals surface area (Å²) in [6.45, 7) is 6.95. The summed E-state index contributed by atoms with van der Waals surface area (Å²) >= 11 is 0. The monoisotopic (exact) mass is 191 g/mol. The van der Waals surface area contributed by atoms with E-state index >= 15 is 0 Å². The smallest absolute Gasteiger partial charge is 0.253 e. The average Bonchev–Trinajstić information content (AvgIpc) is 2.08.